The normalized spacial score (nSPS) is 18.1. The minimum Gasteiger partial charge on any atom is -0.381 e. The molecule has 0 bridgehead atoms. The van der Waals surface area contributed by atoms with Crippen LogP contribution in [-0.4, -0.2) is 64.2 Å². The first-order valence-electron chi connectivity index (χ1n) is 11.4. The molecule has 0 spiro atoms. The van der Waals surface area contributed by atoms with Crippen LogP contribution in [0.5, 0.6) is 0 Å². The molecule has 0 unspecified atom stereocenters. The molecule has 0 aliphatic carbocycles. The van der Waals surface area contributed by atoms with Gasteiger partial charge in [0, 0.05) is 31.9 Å². The molecule has 0 saturated carbocycles. The van der Waals surface area contributed by atoms with Gasteiger partial charge in [-0.2, -0.15) is 10.1 Å². The van der Waals surface area contributed by atoms with Crippen LogP contribution in [0, 0.1) is 0 Å². The van der Waals surface area contributed by atoms with Gasteiger partial charge in [0.2, 0.25) is 5.95 Å². The summed E-state index contributed by atoms with van der Waals surface area (Å²) in [6.45, 7) is 6.66. The molecule has 2 saturated heterocycles. The number of hydrogen-bond acceptors (Lipinski definition) is 8. The van der Waals surface area contributed by atoms with Gasteiger partial charge in [-0.3, -0.25) is 0 Å². The lowest BCUT2D eigenvalue weighted by Crippen LogP contribution is -2.37. The molecular formula is C23H26N6O2S. The third kappa shape index (κ3) is 3.54. The summed E-state index contributed by atoms with van der Waals surface area (Å²) in [6.07, 6.45) is 4.79. The van der Waals surface area contributed by atoms with Crippen LogP contribution in [0.1, 0.15) is 30.8 Å². The van der Waals surface area contributed by atoms with Crippen LogP contribution >= 0.6 is 11.3 Å². The van der Waals surface area contributed by atoms with Crippen LogP contribution in [0.4, 0.5) is 5.95 Å². The summed E-state index contributed by atoms with van der Waals surface area (Å²) in [4.78, 5) is 17.0. The van der Waals surface area contributed by atoms with E-state index in [1.54, 1.807) is 11.3 Å². The Labute approximate surface area is 190 Å². The van der Waals surface area contributed by atoms with E-state index in [1.807, 2.05) is 6.20 Å². The number of fused-ring (bicyclic) bond motifs is 2. The SMILES string of the molecule is CCc1nc2ccc(-c3nc(N4CCOCC4)nc4c3cnn4C3CCOCC3)cc2s1. The molecule has 32 heavy (non-hydrogen) atoms. The Morgan fingerprint density at radius 2 is 1.84 bits per heavy atom. The molecule has 0 N–H and O–H groups in total. The lowest BCUT2D eigenvalue weighted by Gasteiger charge is -2.27. The Balaban J connectivity index is 1.51. The third-order valence-electron chi connectivity index (χ3n) is 6.28. The molecule has 1 aromatic carbocycles. The van der Waals surface area contributed by atoms with Gasteiger partial charge in [0.1, 0.15) is 0 Å². The van der Waals surface area contributed by atoms with E-state index in [4.69, 9.17) is 29.5 Å². The fraction of sp³-hybridized carbons (Fsp3) is 0.478. The maximum absolute atomic E-state index is 5.57. The van der Waals surface area contributed by atoms with Crippen molar-refractivity contribution in [3.8, 4) is 11.3 Å². The molecule has 0 amide bonds. The fourth-order valence-electron chi connectivity index (χ4n) is 4.51. The molecule has 0 radical (unpaired) electrons. The molecule has 0 atom stereocenters. The van der Waals surface area contributed by atoms with E-state index in [1.165, 1.54) is 4.70 Å². The van der Waals surface area contributed by atoms with Gasteiger partial charge < -0.3 is 14.4 Å². The van der Waals surface area contributed by atoms with E-state index < -0.39 is 0 Å². The van der Waals surface area contributed by atoms with Crippen LogP contribution in [0.15, 0.2) is 24.4 Å². The van der Waals surface area contributed by atoms with Gasteiger partial charge in [0.25, 0.3) is 0 Å². The number of nitrogens with zero attached hydrogens (tertiary/aromatic N) is 6. The van der Waals surface area contributed by atoms with E-state index in [0.717, 1.165) is 84.3 Å². The fourth-order valence-corrected chi connectivity index (χ4v) is 5.45. The van der Waals surface area contributed by atoms with Crippen LogP contribution in [0.2, 0.25) is 0 Å². The number of morpholine rings is 1. The van der Waals surface area contributed by atoms with Crippen molar-refractivity contribution in [2.45, 2.75) is 32.2 Å². The Hall–Kier alpha value is -2.62. The maximum Gasteiger partial charge on any atom is 0.228 e. The highest BCUT2D eigenvalue weighted by Crippen LogP contribution is 2.34. The smallest absolute Gasteiger partial charge is 0.228 e. The van der Waals surface area contributed by atoms with E-state index in [9.17, 15) is 0 Å². The van der Waals surface area contributed by atoms with Gasteiger partial charge in [-0.1, -0.05) is 13.0 Å². The first-order valence-corrected chi connectivity index (χ1v) is 12.2. The largest absolute Gasteiger partial charge is 0.381 e. The van der Waals surface area contributed by atoms with Gasteiger partial charge in [0.15, 0.2) is 5.65 Å². The molecule has 8 nitrogen and oxygen atoms in total. The minimum atomic E-state index is 0.303. The van der Waals surface area contributed by atoms with Crippen molar-refractivity contribution in [3.05, 3.63) is 29.4 Å². The second kappa shape index (κ2) is 8.38. The number of hydrogen-bond donors (Lipinski definition) is 0. The van der Waals surface area contributed by atoms with Gasteiger partial charge in [-0.15, -0.1) is 11.3 Å². The molecule has 6 rings (SSSR count). The van der Waals surface area contributed by atoms with Crippen LogP contribution in [-0.2, 0) is 15.9 Å². The van der Waals surface area contributed by atoms with Crippen molar-refractivity contribution < 1.29 is 9.47 Å². The zero-order valence-electron chi connectivity index (χ0n) is 18.2. The zero-order valence-corrected chi connectivity index (χ0v) is 19.0. The highest BCUT2D eigenvalue weighted by atomic mass is 32.1. The van der Waals surface area contributed by atoms with Gasteiger partial charge in [0.05, 0.1) is 51.8 Å². The first-order chi connectivity index (χ1) is 15.8. The molecule has 4 aromatic rings. The minimum absolute atomic E-state index is 0.303. The lowest BCUT2D eigenvalue weighted by atomic mass is 10.1. The van der Waals surface area contributed by atoms with Gasteiger partial charge in [-0.25, -0.2) is 14.6 Å². The average Bonchev–Trinajstić information content (AvgIpc) is 3.48. The van der Waals surface area contributed by atoms with Gasteiger partial charge >= 0.3 is 0 Å². The third-order valence-corrected chi connectivity index (χ3v) is 7.44. The molecule has 2 aliphatic rings. The second-order valence-corrected chi connectivity index (χ2v) is 9.40. The highest BCUT2D eigenvalue weighted by Gasteiger charge is 2.24. The molecule has 3 aromatic heterocycles. The van der Waals surface area contributed by atoms with Crippen LogP contribution in [0.25, 0.3) is 32.5 Å². The zero-order chi connectivity index (χ0) is 21.5. The van der Waals surface area contributed by atoms with Gasteiger partial charge in [-0.05, 0) is 31.4 Å². The quantitative estimate of drug-likeness (QED) is 0.467. The molecule has 166 valence electrons. The number of aromatic nitrogens is 5. The monoisotopic (exact) mass is 450 g/mol. The summed E-state index contributed by atoms with van der Waals surface area (Å²) >= 11 is 1.76. The first kappa shape index (κ1) is 20.0. The lowest BCUT2D eigenvalue weighted by molar-refractivity contribution is 0.0673. The number of thiazole rings is 1. The molecule has 5 heterocycles. The van der Waals surface area contributed by atoms with Crippen molar-refractivity contribution in [1.82, 2.24) is 24.7 Å². The Morgan fingerprint density at radius 3 is 2.66 bits per heavy atom. The topological polar surface area (TPSA) is 78.2 Å². The van der Waals surface area contributed by atoms with Crippen molar-refractivity contribution in [2.75, 3.05) is 44.4 Å². The van der Waals surface area contributed by atoms with E-state index in [0.29, 0.717) is 19.3 Å². The predicted octanol–water partition coefficient (Wildman–Crippen LogP) is 3.85. The standard InChI is InChI=1S/C23H26N6O2S/c1-2-20-25-18-4-3-15(13-19(18)32-20)21-17-14-24-29(16-5-9-30-10-6-16)22(17)27-23(26-21)28-7-11-31-12-8-28/h3-4,13-14,16H,2,5-12H2,1H3. The summed E-state index contributed by atoms with van der Waals surface area (Å²) in [5, 5.41) is 6.93. The summed E-state index contributed by atoms with van der Waals surface area (Å²) in [5.74, 6) is 0.753. The Morgan fingerprint density at radius 1 is 1.03 bits per heavy atom. The molecule has 9 heteroatoms. The van der Waals surface area contributed by atoms with Crippen LogP contribution in [0.3, 0.4) is 0 Å². The van der Waals surface area contributed by atoms with Crippen molar-refractivity contribution >= 4 is 38.5 Å². The number of ether oxygens (including phenoxy) is 2. The van der Waals surface area contributed by atoms with Crippen molar-refractivity contribution in [3.63, 3.8) is 0 Å². The highest BCUT2D eigenvalue weighted by molar-refractivity contribution is 7.18. The van der Waals surface area contributed by atoms with Crippen molar-refractivity contribution in [1.29, 1.82) is 0 Å². The average molecular weight is 451 g/mol. The van der Waals surface area contributed by atoms with Crippen molar-refractivity contribution in [2.24, 2.45) is 0 Å². The number of aryl methyl sites for hydroxylation is 1. The maximum atomic E-state index is 5.57. The summed E-state index contributed by atoms with van der Waals surface area (Å²) in [5.41, 5.74) is 3.97. The number of benzene rings is 1. The summed E-state index contributed by atoms with van der Waals surface area (Å²) in [7, 11) is 0. The number of rotatable bonds is 4. The summed E-state index contributed by atoms with van der Waals surface area (Å²) in [6, 6.07) is 6.74. The molecular weight excluding hydrogens is 424 g/mol. The molecule has 2 aliphatic heterocycles. The second-order valence-electron chi connectivity index (χ2n) is 8.29. The summed E-state index contributed by atoms with van der Waals surface area (Å²) < 4.78 is 14.4. The molecule has 2 fully saturated rings. The number of anilines is 1. The van der Waals surface area contributed by atoms with Crippen LogP contribution < -0.4 is 4.90 Å². The predicted molar refractivity (Wildman–Crippen MR) is 125 cm³/mol. The Bertz CT molecular complexity index is 1260. The van der Waals surface area contributed by atoms with E-state index in [-0.39, 0.29) is 0 Å². The Kier molecular flexibility index (Phi) is 5.24. The van der Waals surface area contributed by atoms with E-state index in [2.05, 4.69) is 34.7 Å². The van der Waals surface area contributed by atoms with E-state index >= 15 is 0 Å².